The third-order valence-electron chi connectivity index (χ3n) is 5.30. The van der Waals surface area contributed by atoms with E-state index in [1.807, 2.05) is 24.3 Å². The lowest BCUT2D eigenvalue weighted by Crippen LogP contribution is -3.11. The van der Waals surface area contributed by atoms with Crippen LogP contribution in [0.5, 0.6) is 0 Å². The van der Waals surface area contributed by atoms with Gasteiger partial charge in [-0.25, -0.2) is 4.90 Å². The third kappa shape index (κ3) is 4.19. The Morgan fingerprint density at radius 3 is 2.20 bits per heavy atom. The second-order valence-corrected chi connectivity index (χ2v) is 7.57. The molecule has 1 atom stereocenters. The highest BCUT2D eigenvalue weighted by atomic mass is 16.5. The van der Waals surface area contributed by atoms with Gasteiger partial charge in [0.1, 0.15) is 0 Å². The largest absolute Gasteiger partial charge is 0.378 e. The number of morpholine rings is 1. The standard InChI is InChI=1S/C22H24N4O4/c1-24(15-26-21(28)18-4-2-3-5-19(18)22(26)29)14-20(27)23-16-6-8-17(9-7-16)25-10-12-30-13-11-25/h2-9H,10-15H2,1H3,(H,23,27)/p+1. The topological polar surface area (TPSA) is 83.4 Å². The Balaban J connectivity index is 1.30. The van der Waals surface area contributed by atoms with Gasteiger partial charge < -0.3 is 19.9 Å². The van der Waals surface area contributed by atoms with Crippen molar-refractivity contribution in [1.82, 2.24) is 4.90 Å². The van der Waals surface area contributed by atoms with E-state index in [1.165, 1.54) is 4.90 Å². The minimum Gasteiger partial charge on any atom is -0.378 e. The zero-order valence-electron chi connectivity index (χ0n) is 16.9. The highest BCUT2D eigenvalue weighted by molar-refractivity contribution is 6.21. The molecule has 156 valence electrons. The second-order valence-electron chi connectivity index (χ2n) is 7.57. The van der Waals surface area contributed by atoms with Crippen LogP contribution in [0.1, 0.15) is 20.7 Å². The van der Waals surface area contributed by atoms with Gasteiger partial charge in [0.25, 0.3) is 17.7 Å². The molecule has 30 heavy (non-hydrogen) atoms. The lowest BCUT2D eigenvalue weighted by atomic mass is 10.1. The molecule has 8 nitrogen and oxygen atoms in total. The molecule has 2 aliphatic heterocycles. The van der Waals surface area contributed by atoms with Crippen LogP contribution in [-0.4, -0.2) is 69.2 Å². The number of quaternary nitrogens is 1. The SMILES string of the molecule is C[NH+](CC(=O)Nc1ccc(N2CCOCC2)cc1)CN1C(=O)c2ccccc2C1=O. The molecule has 2 aliphatic rings. The summed E-state index contributed by atoms with van der Waals surface area (Å²) >= 11 is 0. The summed E-state index contributed by atoms with van der Waals surface area (Å²) in [5, 5.41) is 2.88. The van der Waals surface area contributed by atoms with Gasteiger partial charge in [-0.1, -0.05) is 12.1 Å². The first-order valence-electron chi connectivity index (χ1n) is 10.0. The van der Waals surface area contributed by atoms with Crippen LogP contribution in [0.15, 0.2) is 48.5 Å². The summed E-state index contributed by atoms with van der Waals surface area (Å²) in [5.41, 5.74) is 2.65. The van der Waals surface area contributed by atoms with Crippen LogP contribution >= 0.6 is 0 Å². The number of nitrogens with one attached hydrogen (secondary N) is 2. The quantitative estimate of drug-likeness (QED) is 0.668. The minimum atomic E-state index is -0.311. The molecule has 0 aliphatic carbocycles. The van der Waals surface area contributed by atoms with Crippen molar-refractivity contribution in [1.29, 1.82) is 0 Å². The van der Waals surface area contributed by atoms with Crippen LogP contribution < -0.4 is 15.1 Å². The number of amides is 3. The van der Waals surface area contributed by atoms with Crippen LogP contribution in [0.3, 0.4) is 0 Å². The summed E-state index contributed by atoms with van der Waals surface area (Å²) in [5.74, 6) is -0.800. The molecule has 0 radical (unpaired) electrons. The maximum Gasteiger partial charge on any atom is 0.279 e. The first-order valence-corrected chi connectivity index (χ1v) is 10.0. The summed E-state index contributed by atoms with van der Waals surface area (Å²) in [7, 11) is 1.78. The predicted molar refractivity (Wildman–Crippen MR) is 112 cm³/mol. The summed E-state index contributed by atoms with van der Waals surface area (Å²) in [4.78, 5) is 41.5. The van der Waals surface area contributed by atoms with Crippen molar-refractivity contribution in [2.24, 2.45) is 0 Å². The lowest BCUT2D eigenvalue weighted by molar-refractivity contribution is -0.878. The molecule has 2 aromatic rings. The first-order chi connectivity index (χ1) is 14.5. The Hall–Kier alpha value is -3.23. The number of nitrogens with zero attached hydrogens (tertiary/aromatic N) is 2. The van der Waals surface area contributed by atoms with Crippen LogP contribution in [0.25, 0.3) is 0 Å². The number of likely N-dealkylation sites (N-methyl/N-ethyl adjacent to an activating group) is 1. The van der Waals surface area contributed by atoms with Crippen LogP contribution in [0.2, 0.25) is 0 Å². The number of fused-ring (bicyclic) bond motifs is 1. The molecule has 2 heterocycles. The van der Waals surface area contributed by atoms with Crippen molar-refractivity contribution in [2.75, 3.05) is 56.8 Å². The molecule has 4 rings (SSSR count). The van der Waals surface area contributed by atoms with Gasteiger partial charge in [0.2, 0.25) is 0 Å². The van der Waals surface area contributed by atoms with E-state index >= 15 is 0 Å². The first kappa shape index (κ1) is 20.1. The predicted octanol–water partition coefficient (Wildman–Crippen LogP) is 0.230. The molecule has 1 unspecified atom stereocenters. The number of benzene rings is 2. The maximum absolute atomic E-state index is 12.5. The third-order valence-corrected chi connectivity index (χ3v) is 5.30. The van der Waals surface area contributed by atoms with Gasteiger partial charge in [-0.05, 0) is 36.4 Å². The molecular formula is C22H25N4O4+. The number of anilines is 2. The molecule has 2 aromatic carbocycles. The second kappa shape index (κ2) is 8.64. The van der Waals surface area contributed by atoms with Gasteiger partial charge in [-0.15, -0.1) is 0 Å². The lowest BCUT2D eigenvalue weighted by Gasteiger charge is -2.28. The van der Waals surface area contributed by atoms with Gasteiger partial charge in [-0.2, -0.15) is 0 Å². The molecule has 0 spiro atoms. The van der Waals surface area contributed by atoms with Gasteiger partial charge in [0, 0.05) is 24.5 Å². The van der Waals surface area contributed by atoms with Crippen molar-refractivity contribution in [3.8, 4) is 0 Å². The number of hydrogen-bond donors (Lipinski definition) is 2. The molecule has 0 saturated carbocycles. The van der Waals surface area contributed by atoms with Gasteiger partial charge >= 0.3 is 0 Å². The van der Waals surface area contributed by atoms with Crippen LogP contribution in [0.4, 0.5) is 11.4 Å². The Morgan fingerprint density at radius 1 is 1.00 bits per heavy atom. The van der Waals surface area contributed by atoms with E-state index in [4.69, 9.17) is 4.74 Å². The highest BCUT2D eigenvalue weighted by Crippen LogP contribution is 2.21. The Labute approximate surface area is 175 Å². The van der Waals surface area contributed by atoms with Crippen LogP contribution in [0, 0.1) is 0 Å². The van der Waals surface area contributed by atoms with Gasteiger partial charge in [0.05, 0.1) is 31.4 Å². The van der Waals surface area contributed by atoms with E-state index in [0.29, 0.717) is 16.8 Å². The number of hydrogen-bond acceptors (Lipinski definition) is 5. The Morgan fingerprint density at radius 2 is 1.60 bits per heavy atom. The van der Waals surface area contributed by atoms with Crippen molar-refractivity contribution in [3.05, 3.63) is 59.7 Å². The number of rotatable bonds is 6. The molecule has 2 N–H and O–H groups in total. The fourth-order valence-corrected chi connectivity index (χ4v) is 3.76. The van der Waals surface area contributed by atoms with E-state index in [9.17, 15) is 14.4 Å². The van der Waals surface area contributed by atoms with E-state index in [-0.39, 0.29) is 30.9 Å². The minimum absolute atomic E-state index is 0.135. The summed E-state index contributed by atoms with van der Waals surface area (Å²) < 4.78 is 5.37. The molecule has 8 heteroatoms. The van der Waals surface area contributed by atoms with Gasteiger partial charge in [0.15, 0.2) is 13.2 Å². The number of carbonyl (C=O) groups is 3. The number of carbonyl (C=O) groups excluding carboxylic acids is 3. The van der Waals surface area contributed by atoms with Gasteiger partial charge in [-0.3, -0.25) is 14.4 Å². The molecule has 1 saturated heterocycles. The smallest absolute Gasteiger partial charge is 0.279 e. The number of ether oxygens (including phenoxy) is 1. The summed E-state index contributed by atoms with van der Waals surface area (Å²) in [6.45, 7) is 3.44. The molecule has 1 fully saturated rings. The van der Waals surface area contributed by atoms with Crippen molar-refractivity contribution in [3.63, 3.8) is 0 Å². The molecule has 0 aromatic heterocycles. The fourth-order valence-electron chi connectivity index (χ4n) is 3.76. The fraction of sp³-hybridized carbons (Fsp3) is 0.318. The zero-order chi connectivity index (χ0) is 21.1. The van der Waals surface area contributed by atoms with E-state index in [2.05, 4.69) is 10.2 Å². The maximum atomic E-state index is 12.5. The average Bonchev–Trinajstić information content (AvgIpc) is 3.00. The summed E-state index contributed by atoms with van der Waals surface area (Å²) in [6, 6.07) is 14.5. The van der Waals surface area contributed by atoms with Crippen molar-refractivity contribution in [2.45, 2.75) is 0 Å². The number of imide groups is 1. The van der Waals surface area contributed by atoms with E-state index in [0.717, 1.165) is 36.9 Å². The highest BCUT2D eigenvalue weighted by Gasteiger charge is 2.37. The zero-order valence-corrected chi connectivity index (χ0v) is 16.9. The Kier molecular flexibility index (Phi) is 5.78. The van der Waals surface area contributed by atoms with Crippen molar-refractivity contribution < 1.29 is 24.0 Å². The molecule has 0 bridgehead atoms. The monoisotopic (exact) mass is 409 g/mol. The summed E-state index contributed by atoms with van der Waals surface area (Å²) in [6.07, 6.45) is 0. The molecule has 3 amide bonds. The average molecular weight is 409 g/mol. The molecular weight excluding hydrogens is 384 g/mol. The van der Waals surface area contributed by atoms with E-state index in [1.54, 1.807) is 31.3 Å². The van der Waals surface area contributed by atoms with Crippen molar-refractivity contribution >= 4 is 29.1 Å². The van der Waals surface area contributed by atoms with E-state index < -0.39 is 0 Å². The Bertz CT molecular complexity index is 919. The normalized spacial score (nSPS) is 17.1. The van der Waals surface area contributed by atoms with Crippen LogP contribution in [-0.2, 0) is 9.53 Å².